The SMILES string of the molecule is CCN1c2cc(Cl)c(Cl)cc2N(CC)C1CC=Cc1n(CCCO)c2cc(Cl)c(Cl)cc2[n+]1CCCO.[Cl-]. The van der Waals surface area contributed by atoms with E-state index in [1.807, 2.05) is 24.3 Å². The second kappa shape index (κ2) is 13.8. The van der Waals surface area contributed by atoms with E-state index in [2.05, 4.69) is 44.9 Å². The predicted octanol–water partition coefficient (Wildman–Crippen LogP) is 3.41. The number of nitrogens with zero attached hydrogens (tertiary/aromatic N) is 4. The second-order valence-electron chi connectivity index (χ2n) is 9.02. The summed E-state index contributed by atoms with van der Waals surface area (Å²) in [4.78, 5) is 4.71. The van der Waals surface area contributed by atoms with Gasteiger partial charge in [0.15, 0.2) is 11.0 Å². The van der Waals surface area contributed by atoms with Gasteiger partial charge in [-0.25, -0.2) is 9.13 Å². The maximum absolute atomic E-state index is 9.55. The monoisotopic (exact) mass is 620 g/mol. The zero-order valence-electron chi connectivity index (χ0n) is 21.5. The zero-order valence-corrected chi connectivity index (χ0v) is 25.3. The number of imidazole rings is 1. The minimum Gasteiger partial charge on any atom is -1.00 e. The number of aryl methyl sites for hydroxylation is 2. The molecule has 2 N–H and O–H groups in total. The molecular formula is C27H33Cl5N4O2. The minimum atomic E-state index is 0. The van der Waals surface area contributed by atoms with Crippen molar-refractivity contribution in [2.24, 2.45) is 0 Å². The van der Waals surface area contributed by atoms with Crippen molar-refractivity contribution in [2.45, 2.75) is 52.4 Å². The van der Waals surface area contributed by atoms with E-state index >= 15 is 0 Å². The Morgan fingerprint density at radius 3 is 1.95 bits per heavy atom. The smallest absolute Gasteiger partial charge is 0.282 e. The molecule has 3 aromatic rings. The van der Waals surface area contributed by atoms with Crippen molar-refractivity contribution >= 4 is 74.9 Å². The van der Waals surface area contributed by atoms with Crippen LogP contribution in [-0.4, -0.2) is 47.2 Å². The molecule has 6 nitrogen and oxygen atoms in total. The molecule has 0 unspecified atom stereocenters. The van der Waals surface area contributed by atoms with Gasteiger partial charge >= 0.3 is 0 Å². The first kappa shape index (κ1) is 31.2. The van der Waals surface area contributed by atoms with Gasteiger partial charge in [-0.05, 0) is 26.0 Å². The molecule has 1 aliphatic rings. The van der Waals surface area contributed by atoms with Crippen molar-refractivity contribution in [3.8, 4) is 0 Å². The second-order valence-corrected chi connectivity index (χ2v) is 10.6. The Kier molecular flexibility index (Phi) is 11.3. The number of halogens is 5. The van der Waals surface area contributed by atoms with Gasteiger partial charge in [0.2, 0.25) is 0 Å². The number of rotatable bonds is 11. The molecule has 0 bridgehead atoms. The van der Waals surface area contributed by atoms with E-state index in [1.165, 1.54) is 0 Å². The number of hydrogen-bond acceptors (Lipinski definition) is 4. The standard InChI is InChI=1S/C27H33Cl4N4O2.ClH/c1-3-32-22-14-18(28)19(29)15-23(22)33(4-2)26(32)8-5-9-27-34(10-6-12-36)24-16-20(30)21(31)17-25(24)35(27)11-7-13-37;/h5,9,14-17,26,36-37H,3-4,6-8,10-13H2,1-2H3;1H/q+1;/p-1. The van der Waals surface area contributed by atoms with E-state index in [0.717, 1.165) is 47.7 Å². The van der Waals surface area contributed by atoms with E-state index in [4.69, 9.17) is 46.4 Å². The van der Waals surface area contributed by atoms with Gasteiger partial charge in [-0.15, -0.1) is 0 Å². The molecule has 11 heteroatoms. The van der Waals surface area contributed by atoms with Gasteiger partial charge in [-0.3, -0.25) is 0 Å². The van der Waals surface area contributed by atoms with Crippen LogP contribution in [0.3, 0.4) is 0 Å². The number of fused-ring (bicyclic) bond motifs is 2. The lowest BCUT2D eigenvalue weighted by Crippen LogP contribution is -3.00. The summed E-state index contributed by atoms with van der Waals surface area (Å²) < 4.78 is 4.33. The molecule has 1 aliphatic heterocycles. The van der Waals surface area contributed by atoms with E-state index in [0.29, 0.717) is 46.0 Å². The van der Waals surface area contributed by atoms with Gasteiger partial charge in [-0.2, -0.15) is 0 Å². The summed E-state index contributed by atoms with van der Waals surface area (Å²) in [5, 5.41) is 21.2. The van der Waals surface area contributed by atoms with Crippen LogP contribution < -0.4 is 26.8 Å². The summed E-state index contributed by atoms with van der Waals surface area (Å²) in [5.41, 5.74) is 4.08. The van der Waals surface area contributed by atoms with Crippen molar-refractivity contribution < 1.29 is 27.2 Å². The Labute approximate surface area is 250 Å². The number of aliphatic hydroxyl groups is 2. The normalized spacial score (nSPS) is 13.7. The van der Waals surface area contributed by atoms with Crippen molar-refractivity contribution in [1.82, 2.24) is 4.57 Å². The molecule has 0 saturated carbocycles. The molecule has 0 spiro atoms. The van der Waals surface area contributed by atoms with Crippen LogP contribution in [0.2, 0.25) is 20.1 Å². The summed E-state index contributed by atoms with van der Waals surface area (Å²) in [5.74, 6) is 0.975. The molecule has 1 aromatic heterocycles. The summed E-state index contributed by atoms with van der Waals surface area (Å²) in [6.07, 6.45) is 6.43. The fourth-order valence-corrected chi connectivity index (χ4v) is 5.88. The maximum Gasteiger partial charge on any atom is 0.282 e. The van der Waals surface area contributed by atoms with E-state index < -0.39 is 0 Å². The summed E-state index contributed by atoms with van der Waals surface area (Å²) >= 11 is 25.5. The van der Waals surface area contributed by atoms with Crippen molar-refractivity contribution in [2.75, 3.05) is 36.1 Å². The van der Waals surface area contributed by atoms with E-state index in [1.54, 1.807) is 0 Å². The summed E-state index contributed by atoms with van der Waals surface area (Å²) in [6, 6.07) is 7.67. The van der Waals surface area contributed by atoms with Gasteiger partial charge in [-0.1, -0.05) is 52.5 Å². The Hall–Kier alpha value is -1.38. The third kappa shape index (κ3) is 6.02. The lowest BCUT2D eigenvalue weighted by atomic mass is 10.2. The molecule has 0 saturated heterocycles. The number of benzene rings is 2. The van der Waals surface area contributed by atoms with Crippen LogP contribution in [0.1, 0.15) is 38.9 Å². The summed E-state index contributed by atoms with van der Waals surface area (Å²) in [7, 11) is 0. The Morgan fingerprint density at radius 1 is 0.842 bits per heavy atom. The van der Waals surface area contributed by atoms with Gasteiger partial charge in [0.1, 0.15) is 6.17 Å². The van der Waals surface area contributed by atoms with Gasteiger partial charge < -0.3 is 32.4 Å². The molecule has 4 rings (SSSR count). The van der Waals surface area contributed by atoms with Crippen LogP contribution in [-0.2, 0) is 13.1 Å². The number of aromatic nitrogens is 2. The molecule has 38 heavy (non-hydrogen) atoms. The third-order valence-electron chi connectivity index (χ3n) is 6.88. The fourth-order valence-electron chi connectivity index (χ4n) is 5.25. The maximum atomic E-state index is 9.55. The molecular weight excluding hydrogens is 590 g/mol. The zero-order chi connectivity index (χ0) is 26.7. The molecule has 0 atom stereocenters. The van der Waals surface area contributed by atoms with Crippen LogP contribution >= 0.6 is 46.4 Å². The van der Waals surface area contributed by atoms with Crippen molar-refractivity contribution in [3.05, 3.63) is 56.3 Å². The van der Waals surface area contributed by atoms with Crippen LogP contribution in [0, 0.1) is 0 Å². The molecule has 0 radical (unpaired) electrons. The van der Waals surface area contributed by atoms with E-state index in [9.17, 15) is 10.2 Å². The fraction of sp³-hybridized carbons (Fsp3) is 0.444. The summed E-state index contributed by atoms with van der Waals surface area (Å²) in [6.45, 7) is 7.40. The molecule has 2 aromatic carbocycles. The minimum absolute atomic E-state index is 0. The molecule has 0 amide bonds. The highest BCUT2D eigenvalue weighted by Gasteiger charge is 2.34. The number of aliphatic hydroxyl groups excluding tert-OH is 2. The first-order valence-corrected chi connectivity index (χ1v) is 14.2. The topological polar surface area (TPSA) is 55.8 Å². The molecule has 2 heterocycles. The third-order valence-corrected chi connectivity index (χ3v) is 8.33. The highest BCUT2D eigenvalue weighted by Crippen LogP contribution is 2.44. The van der Waals surface area contributed by atoms with Crippen molar-refractivity contribution in [1.29, 1.82) is 0 Å². The van der Waals surface area contributed by atoms with Crippen LogP contribution in [0.5, 0.6) is 0 Å². The molecule has 208 valence electrons. The molecule has 0 aliphatic carbocycles. The Bertz CT molecular complexity index is 1210. The Morgan fingerprint density at radius 2 is 1.39 bits per heavy atom. The number of hydrogen-bond donors (Lipinski definition) is 2. The van der Waals surface area contributed by atoms with Crippen molar-refractivity contribution in [3.63, 3.8) is 0 Å². The largest absolute Gasteiger partial charge is 1.00 e. The first-order chi connectivity index (χ1) is 17.9. The van der Waals surface area contributed by atoms with Crippen LogP contribution in [0.15, 0.2) is 30.3 Å². The van der Waals surface area contributed by atoms with Gasteiger partial charge in [0.05, 0.1) is 44.6 Å². The average Bonchev–Trinajstić information content (AvgIpc) is 3.32. The average molecular weight is 623 g/mol. The lowest BCUT2D eigenvalue weighted by molar-refractivity contribution is -0.674. The van der Waals surface area contributed by atoms with Gasteiger partial charge in [0, 0.05) is 63.8 Å². The quantitative estimate of drug-likeness (QED) is 0.322. The highest BCUT2D eigenvalue weighted by atomic mass is 35.5. The predicted molar refractivity (Wildman–Crippen MR) is 155 cm³/mol. The van der Waals surface area contributed by atoms with Gasteiger partial charge in [0.25, 0.3) is 5.82 Å². The van der Waals surface area contributed by atoms with Crippen LogP contribution in [0.25, 0.3) is 17.1 Å². The van der Waals surface area contributed by atoms with Crippen LogP contribution in [0.4, 0.5) is 11.4 Å². The lowest BCUT2D eigenvalue weighted by Gasteiger charge is -2.31. The van der Waals surface area contributed by atoms with E-state index in [-0.39, 0.29) is 31.8 Å². The number of anilines is 2. The Balaban J connectivity index is 0.00000400. The first-order valence-electron chi connectivity index (χ1n) is 12.7. The highest BCUT2D eigenvalue weighted by molar-refractivity contribution is 6.43. The molecule has 0 fully saturated rings.